The third kappa shape index (κ3) is 1.74. The molecule has 4 nitrogen and oxygen atoms in total. The fraction of sp³-hybridized carbons (Fsp3) is 0.250. The zero-order valence-corrected chi connectivity index (χ0v) is 9.23. The van der Waals surface area contributed by atoms with Crippen molar-refractivity contribution in [3.05, 3.63) is 35.7 Å². The molecule has 0 aliphatic carbocycles. The molecular formula is C12H12N2O2. The maximum absolute atomic E-state index is 11.6. The number of carbonyl (C=O) groups excluding carboxylic acids is 1. The van der Waals surface area contributed by atoms with Gasteiger partial charge in [0.1, 0.15) is 0 Å². The van der Waals surface area contributed by atoms with Crippen LogP contribution in [0, 0.1) is 6.92 Å². The topological polar surface area (TPSA) is 52.1 Å². The minimum atomic E-state index is -0.425. The molecule has 2 aromatic rings. The molecule has 16 heavy (non-hydrogen) atoms. The van der Waals surface area contributed by atoms with Gasteiger partial charge in [0.05, 0.1) is 12.3 Å². The molecule has 0 amide bonds. The SMILES string of the molecule is CCOC(=O)c1nnc(C)c2ccccc12. The lowest BCUT2D eigenvalue weighted by molar-refractivity contribution is 0.0521. The molecule has 2 rings (SSSR count). The van der Waals surface area contributed by atoms with Gasteiger partial charge in [-0.1, -0.05) is 24.3 Å². The molecule has 0 saturated heterocycles. The summed E-state index contributed by atoms with van der Waals surface area (Å²) in [5.74, 6) is -0.425. The smallest absolute Gasteiger partial charge is 0.359 e. The van der Waals surface area contributed by atoms with Gasteiger partial charge in [-0.3, -0.25) is 0 Å². The molecule has 0 aliphatic rings. The van der Waals surface area contributed by atoms with Gasteiger partial charge >= 0.3 is 5.97 Å². The summed E-state index contributed by atoms with van der Waals surface area (Å²) in [4.78, 5) is 11.6. The van der Waals surface area contributed by atoms with Crippen molar-refractivity contribution in [1.82, 2.24) is 10.2 Å². The third-order valence-corrected chi connectivity index (χ3v) is 2.34. The highest BCUT2D eigenvalue weighted by atomic mass is 16.5. The first-order valence-corrected chi connectivity index (χ1v) is 5.13. The predicted octanol–water partition coefficient (Wildman–Crippen LogP) is 2.11. The summed E-state index contributed by atoms with van der Waals surface area (Å²) in [6.07, 6.45) is 0. The molecule has 0 N–H and O–H groups in total. The highest BCUT2D eigenvalue weighted by Gasteiger charge is 2.14. The molecule has 1 heterocycles. The highest BCUT2D eigenvalue weighted by Crippen LogP contribution is 2.19. The van der Waals surface area contributed by atoms with Crippen molar-refractivity contribution in [2.45, 2.75) is 13.8 Å². The standard InChI is InChI=1S/C12H12N2O2/c1-3-16-12(15)11-10-7-5-4-6-9(10)8(2)13-14-11/h4-7H,3H2,1-2H3. The molecule has 0 bridgehead atoms. The van der Waals surface area contributed by atoms with Gasteiger partial charge in [0, 0.05) is 10.8 Å². The van der Waals surface area contributed by atoms with Crippen LogP contribution in [-0.4, -0.2) is 22.8 Å². The van der Waals surface area contributed by atoms with E-state index in [1.54, 1.807) is 6.92 Å². The van der Waals surface area contributed by atoms with Crippen LogP contribution < -0.4 is 0 Å². The second-order valence-corrected chi connectivity index (χ2v) is 3.40. The Labute approximate surface area is 93.3 Å². The van der Waals surface area contributed by atoms with Crippen molar-refractivity contribution < 1.29 is 9.53 Å². The molecular weight excluding hydrogens is 204 g/mol. The minimum Gasteiger partial charge on any atom is -0.461 e. The van der Waals surface area contributed by atoms with E-state index in [-0.39, 0.29) is 5.69 Å². The van der Waals surface area contributed by atoms with Gasteiger partial charge in [-0.2, -0.15) is 5.10 Å². The first kappa shape index (κ1) is 10.5. The summed E-state index contributed by atoms with van der Waals surface area (Å²) in [5, 5.41) is 9.58. The normalized spacial score (nSPS) is 10.4. The summed E-state index contributed by atoms with van der Waals surface area (Å²) >= 11 is 0. The second-order valence-electron chi connectivity index (χ2n) is 3.40. The molecule has 1 aromatic heterocycles. The Kier molecular flexibility index (Phi) is 2.81. The molecule has 0 spiro atoms. The fourth-order valence-electron chi connectivity index (χ4n) is 1.59. The molecule has 0 radical (unpaired) electrons. The number of fused-ring (bicyclic) bond motifs is 1. The van der Waals surface area contributed by atoms with Gasteiger partial charge in [0.2, 0.25) is 0 Å². The van der Waals surface area contributed by atoms with Crippen LogP contribution in [0.25, 0.3) is 10.8 Å². The highest BCUT2D eigenvalue weighted by molar-refractivity contribution is 6.02. The number of aryl methyl sites for hydroxylation is 1. The molecule has 4 heteroatoms. The van der Waals surface area contributed by atoms with E-state index in [2.05, 4.69) is 10.2 Å². The van der Waals surface area contributed by atoms with Crippen molar-refractivity contribution in [3.8, 4) is 0 Å². The van der Waals surface area contributed by atoms with Gasteiger partial charge in [-0.05, 0) is 13.8 Å². The number of benzene rings is 1. The van der Waals surface area contributed by atoms with E-state index in [0.717, 1.165) is 16.5 Å². The zero-order valence-electron chi connectivity index (χ0n) is 9.23. The van der Waals surface area contributed by atoms with E-state index in [0.29, 0.717) is 6.61 Å². The summed E-state index contributed by atoms with van der Waals surface area (Å²) in [7, 11) is 0. The molecule has 0 unspecified atom stereocenters. The lowest BCUT2D eigenvalue weighted by Crippen LogP contribution is -2.09. The van der Waals surface area contributed by atoms with Gasteiger partial charge in [0.25, 0.3) is 0 Å². The molecule has 1 aromatic carbocycles. The van der Waals surface area contributed by atoms with Crippen LogP contribution in [-0.2, 0) is 4.74 Å². The molecule has 0 fully saturated rings. The fourth-order valence-corrected chi connectivity index (χ4v) is 1.59. The quantitative estimate of drug-likeness (QED) is 0.721. The Hall–Kier alpha value is -1.97. The molecule has 82 valence electrons. The lowest BCUT2D eigenvalue weighted by Gasteiger charge is -2.05. The summed E-state index contributed by atoms with van der Waals surface area (Å²) in [6, 6.07) is 7.55. The number of hydrogen-bond acceptors (Lipinski definition) is 4. The number of aromatic nitrogens is 2. The van der Waals surface area contributed by atoms with Crippen LogP contribution in [0.4, 0.5) is 0 Å². The maximum atomic E-state index is 11.6. The molecule has 0 atom stereocenters. The van der Waals surface area contributed by atoms with Crippen molar-refractivity contribution >= 4 is 16.7 Å². The monoisotopic (exact) mass is 216 g/mol. The van der Waals surface area contributed by atoms with Crippen molar-refractivity contribution in [2.24, 2.45) is 0 Å². The summed E-state index contributed by atoms with van der Waals surface area (Å²) in [6.45, 7) is 3.97. The largest absolute Gasteiger partial charge is 0.461 e. The Morgan fingerprint density at radius 3 is 2.62 bits per heavy atom. The van der Waals surface area contributed by atoms with Crippen molar-refractivity contribution in [2.75, 3.05) is 6.61 Å². The Morgan fingerprint density at radius 1 is 1.25 bits per heavy atom. The Morgan fingerprint density at radius 2 is 1.94 bits per heavy atom. The molecule has 0 saturated carbocycles. The van der Waals surface area contributed by atoms with Gasteiger partial charge < -0.3 is 4.74 Å². The van der Waals surface area contributed by atoms with E-state index in [1.165, 1.54) is 0 Å². The Balaban J connectivity index is 2.63. The van der Waals surface area contributed by atoms with Crippen LogP contribution in [0.5, 0.6) is 0 Å². The van der Waals surface area contributed by atoms with Crippen LogP contribution in [0.15, 0.2) is 24.3 Å². The second kappa shape index (κ2) is 4.26. The summed E-state index contributed by atoms with van der Waals surface area (Å²) in [5.41, 5.74) is 1.09. The van der Waals surface area contributed by atoms with Crippen LogP contribution >= 0.6 is 0 Å². The van der Waals surface area contributed by atoms with Crippen molar-refractivity contribution in [3.63, 3.8) is 0 Å². The number of ether oxygens (including phenoxy) is 1. The van der Waals surface area contributed by atoms with E-state index in [4.69, 9.17) is 4.74 Å². The summed E-state index contributed by atoms with van der Waals surface area (Å²) < 4.78 is 4.93. The predicted molar refractivity (Wildman–Crippen MR) is 60.2 cm³/mol. The first-order valence-electron chi connectivity index (χ1n) is 5.13. The van der Waals surface area contributed by atoms with E-state index in [1.807, 2.05) is 31.2 Å². The van der Waals surface area contributed by atoms with Crippen LogP contribution in [0.2, 0.25) is 0 Å². The van der Waals surface area contributed by atoms with E-state index < -0.39 is 5.97 Å². The zero-order chi connectivity index (χ0) is 11.5. The lowest BCUT2D eigenvalue weighted by atomic mass is 10.1. The number of nitrogens with zero attached hydrogens (tertiary/aromatic N) is 2. The Bertz CT molecular complexity index is 538. The van der Waals surface area contributed by atoms with Crippen molar-refractivity contribution in [1.29, 1.82) is 0 Å². The first-order chi connectivity index (χ1) is 7.74. The molecule has 0 aliphatic heterocycles. The van der Waals surface area contributed by atoms with Gasteiger partial charge in [-0.15, -0.1) is 5.10 Å². The van der Waals surface area contributed by atoms with E-state index in [9.17, 15) is 4.79 Å². The number of esters is 1. The third-order valence-electron chi connectivity index (χ3n) is 2.34. The minimum absolute atomic E-state index is 0.281. The number of carbonyl (C=O) groups is 1. The average Bonchev–Trinajstić information content (AvgIpc) is 2.30. The van der Waals surface area contributed by atoms with E-state index >= 15 is 0 Å². The number of hydrogen-bond donors (Lipinski definition) is 0. The van der Waals surface area contributed by atoms with Gasteiger partial charge in [0.15, 0.2) is 5.69 Å². The van der Waals surface area contributed by atoms with Crippen LogP contribution in [0.1, 0.15) is 23.1 Å². The van der Waals surface area contributed by atoms with Crippen LogP contribution in [0.3, 0.4) is 0 Å². The average molecular weight is 216 g/mol. The number of rotatable bonds is 2. The van der Waals surface area contributed by atoms with Gasteiger partial charge in [-0.25, -0.2) is 4.79 Å². The maximum Gasteiger partial charge on any atom is 0.359 e.